The molecule has 0 radical (unpaired) electrons. The summed E-state index contributed by atoms with van der Waals surface area (Å²) in [5, 5.41) is 10.5. The van der Waals surface area contributed by atoms with Crippen molar-refractivity contribution < 1.29 is 4.42 Å². The number of hydrogen-bond donors (Lipinski definition) is 0. The first-order chi connectivity index (χ1) is 21.3. The van der Waals surface area contributed by atoms with Gasteiger partial charge in [0.15, 0.2) is 0 Å². The van der Waals surface area contributed by atoms with Crippen LogP contribution in [0, 0.1) is 0 Å². The van der Waals surface area contributed by atoms with E-state index in [9.17, 15) is 0 Å². The molecular formula is C40H21NOS. The second-order valence-corrected chi connectivity index (χ2v) is 12.7. The molecule has 1 aliphatic rings. The lowest BCUT2D eigenvalue weighted by molar-refractivity contribution is 0.669. The summed E-state index contributed by atoms with van der Waals surface area (Å²) >= 11 is 1.91. The van der Waals surface area contributed by atoms with E-state index in [-0.39, 0.29) is 0 Å². The fourth-order valence-electron chi connectivity index (χ4n) is 7.83. The van der Waals surface area contributed by atoms with E-state index in [4.69, 9.17) is 4.42 Å². The zero-order valence-corrected chi connectivity index (χ0v) is 23.7. The maximum atomic E-state index is 6.24. The predicted molar refractivity (Wildman–Crippen MR) is 183 cm³/mol. The number of furan rings is 1. The number of nitrogens with zero attached hydrogens (tertiary/aromatic N) is 1. The van der Waals surface area contributed by atoms with Gasteiger partial charge in [0, 0.05) is 52.8 Å². The third kappa shape index (κ3) is 2.69. The fraction of sp³-hybridized carbons (Fsp3) is 0. The van der Waals surface area contributed by atoms with E-state index in [0.29, 0.717) is 0 Å². The van der Waals surface area contributed by atoms with Gasteiger partial charge in [-0.15, -0.1) is 11.3 Å². The first-order valence-electron chi connectivity index (χ1n) is 14.7. The predicted octanol–water partition coefficient (Wildman–Crippen LogP) is 11.9. The molecule has 0 bridgehead atoms. The van der Waals surface area contributed by atoms with Crippen LogP contribution in [0.25, 0.3) is 103 Å². The fourth-order valence-corrected chi connectivity index (χ4v) is 8.97. The zero-order valence-electron chi connectivity index (χ0n) is 22.9. The average molecular weight is 564 g/mol. The Balaban J connectivity index is 1.28. The molecule has 43 heavy (non-hydrogen) atoms. The van der Waals surface area contributed by atoms with Gasteiger partial charge in [-0.1, -0.05) is 78.9 Å². The standard InChI is InChI=1S/C40H21NOS/c1-2-14-31-28(9-1)36-25(10-5-15-32(36)42-31)23-7-3-8-24(21-23)41-29-13-4-11-26-27-12-6-16-33-38(27)40-34(43-33)20-18-22-17-19-30(41)39(35(22)40)37(26)29/h1-21H. The highest BCUT2D eigenvalue weighted by Gasteiger charge is 2.25. The molecule has 3 aromatic heterocycles. The molecule has 10 aromatic rings. The van der Waals surface area contributed by atoms with Crippen LogP contribution in [0.2, 0.25) is 0 Å². The average Bonchev–Trinajstić information content (AvgIpc) is 3.71. The molecule has 2 nitrogen and oxygen atoms in total. The molecule has 3 heterocycles. The molecule has 0 aliphatic heterocycles. The Morgan fingerprint density at radius 3 is 2.19 bits per heavy atom. The lowest BCUT2D eigenvalue weighted by atomic mass is 9.98. The molecule has 0 unspecified atom stereocenters. The number of para-hydroxylation sites is 1. The van der Waals surface area contributed by atoms with Gasteiger partial charge in [0.1, 0.15) is 11.2 Å². The van der Waals surface area contributed by atoms with Gasteiger partial charge in [-0.25, -0.2) is 0 Å². The summed E-state index contributed by atoms with van der Waals surface area (Å²) in [7, 11) is 0. The van der Waals surface area contributed by atoms with Crippen LogP contribution in [0.1, 0.15) is 0 Å². The van der Waals surface area contributed by atoms with Crippen molar-refractivity contribution in [1.82, 2.24) is 4.57 Å². The van der Waals surface area contributed by atoms with Crippen LogP contribution in [0.15, 0.2) is 132 Å². The normalized spacial score (nSPS) is 12.7. The van der Waals surface area contributed by atoms with E-state index in [0.717, 1.165) is 22.2 Å². The lowest BCUT2D eigenvalue weighted by Gasteiger charge is -2.12. The Hall–Kier alpha value is -5.38. The van der Waals surface area contributed by atoms with Gasteiger partial charge < -0.3 is 8.98 Å². The molecule has 1 aliphatic carbocycles. The molecule has 0 atom stereocenters. The molecule has 11 rings (SSSR count). The van der Waals surface area contributed by atoms with E-state index in [1.807, 2.05) is 17.4 Å². The summed E-state index contributed by atoms with van der Waals surface area (Å²) in [5.74, 6) is 0. The smallest absolute Gasteiger partial charge is 0.136 e. The second kappa shape index (κ2) is 7.71. The Labute approximate surface area is 249 Å². The van der Waals surface area contributed by atoms with Crippen molar-refractivity contribution in [2.45, 2.75) is 0 Å². The SMILES string of the molecule is c1cc(-c2cccc3oc4ccccc4c23)cc(-n2c3cccc4c3c3c5c(ccc6sc7cccc-4c7c65)ccc32)c1. The molecule has 0 amide bonds. The molecule has 7 aromatic carbocycles. The highest BCUT2D eigenvalue weighted by molar-refractivity contribution is 7.26. The topological polar surface area (TPSA) is 18.1 Å². The first kappa shape index (κ1) is 22.2. The van der Waals surface area contributed by atoms with E-state index in [2.05, 4.69) is 126 Å². The quantitative estimate of drug-likeness (QED) is 0.205. The third-order valence-corrected chi connectivity index (χ3v) is 10.6. The minimum Gasteiger partial charge on any atom is -0.456 e. The van der Waals surface area contributed by atoms with E-state index >= 15 is 0 Å². The van der Waals surface area contributed by atoms with Gasteiger partial charge in [0.05, 0.1) is 11.0 Å². The largest absolute Gasteiger partial charge is 0.456 e. The second-order valence-electron chi connectivity index (χ2n) is 11.6. The zero-order chi connectivity index (χ0) is 27.8. The summed E-state index contributed by atoms with van der Waals surface area (Å²) in [6.45, 7) is 0. The molecule has 0 N–H and O–H groups in total. The monoisotopic (exact) mass is 563 g/mol. The number of benzene rings is 7. The summed E-state index contributed by atoms with van der Waals surface area (Å²) in [6.07, 6.45) is 0. The van der Waals surface area contributed by atoms with Gasteiger partial charge in [0.2, 0.25) is 0 Å². The summed E-state index contributed by atoms with van der Waals surface area (Å²) in [4.78, 5) is 0. The van der Waals surface area contributed by atoms with Crippen LogP contribution < -0.4 is 0 Å². The third-order valence-electron chi connectivity index (χ3n) is 9.50. The van der Waals surface area contributed by atoms with Crippen LogP contribution in [-0.4, -0.2) is 4.57 Å². The molecule has 0 saturated carbocycles. The first-order valence-corrected chi connectivity index (χ1v) is 15.5. The number of aromatic nitrogens is 1. The van der Waals surface area contributed by atoms with E-state index in [1.54, 1.807) is 0 Å². The molecule has 0 saturated heterocycles. The molecule has 0 spiro atoms. The molecule has 0 fully saturated rings. The lowest BCUT2D eigenvalue weighted by Crippen LogP contribution is -1.95. The van der Waals surface area contributed by atoms with Crippen molar-refractivity contribution in [3.63, 3.8) is 0 Å². The number of hydrogen-bond acceptors (Lipinski definition) is 2. The molecular weight excluding hydrogens is 543 g/mol. The van der Waals surface area contributed by atoms with Crippen molar-refractivity contribution in [2.24, 2.45) is 0 Å². The summed E-state index contributed by atoms with van der Waals surface area (Å²) in [5.41, 5.74) is 10.5. The van der Waals surface area contributed by atoms with Crippen LogP contribution in [-0.2, 0) is 0 Å². The van der Waals surface area contributed by atoms with Gasteiger partial charge >= 0.3 is 0 Å². The highest BCUT2D eigenvalue weighted by atomic mass is 32.1. The number of thiophene rings is 1. The molecule has 3 heteroatoms. The van der Waals surface area contributed by atoms with E-state index in [1.165, 1.54) is 80.4 Å². The highest BCUT2D eigenvalue weighted by Crippen LogP contribution is 2.52. The summed E-state index contributed by atoms with van der Waals surface area (Å²) < 4.78 is 11.4. The van der Waals surface area contributed by atoms with Crippen LogP contribution in [0.3, 0.4) is 0 Å². The maximum Gasteiger partial charge on any atom is 0.136 e. The van der Waals surface area contributed by atoms with Crippen molar-refractivity contribution in [3.05, 3.63) is 127 Å². The van der Waals surface area contributed by atoms with Crippen molar-refractivity contribution in [3.8, 4) is 27.9 Å². The van der Waals surface area contributed by atoms with Crippen molar-refractivity contribution >= 4 is 86.0 Å². The Morgan fingerprint density at radius 1 is 0.465 bits per heavy atom. The van der Waals surface area contributed by atoms with E-state index < -0.39 is 0 Å². The van der Waals surface area contributed by atoms with Gasteiger partial charge in [-0.2, -0.15) is 0 Å². The minimum atomic E-state index is 0.920. The van der Waals surface area contributed by atoms with Gasteiger partial charge in [-0.05, 0) is 76.2 Å². The van der Waals surface area contributed by atoms with Crippen LogP contribution in [0.4, 0.5) is 0 Å². The number of rotatable bonds is 2. The molecule has 198 valence electrons. The van der Waals surface area contributed by atoms with Crippen molar-refractivity contribution in [2.75, 3.05) is 0 Å². The Kier molecular flexibility index (Phi) is 3.99. The maximum absolute atomic E-state index is 6.24. The number of fused-ring (bicyclic) bond motifs is 4. The van der Waals surface area contributed by atoms with Gasteiger partial charge in [0.25, 0.3) is 0 Å². The minimum absolute atomic E-state index is 0.920. The summed E-state index contributed by atoms with van der Waals surface area (Å²) in [6, 6.07) is 46.6. The van der Waals surface area contributed by atoms with Gasteiger partial charge in [-0.3, -0.25) is 0 Å². The Bertz CT molecular complexity index is 2840. The Morgan fingerprint density at radius 2 is 1.21 bits per heavy atom. The van der Waals surface area contributed by atoms with Crippen LogP contribution in [0.5, 0.6) is 0 Å². The van der Waals surface area contributed by atoms with Crippen molar-refractivity contribution in [1.29, 1.82) is 0 Å². The van der Waals surface area contributed by atoms with Crippen LogP contribution >= 0.6 is 11.3 Å².